The number of hydrazone groups is 1. The van der Waals surface area contributed by atoms with Gasteiger partial charge < -0.3 is 9.47 Å². The van der Waals surface area contributed by atoms with Gasteiger partial charge in [0.25, 0.3) is 5.91 Å². The predicted molar refractivity (Wildman–Crippen MR) is 146 cm³/mol. The van der Waals surface area contributed by atoms with Crippen LogP contribution >= 0.6 is 31.9 Å². The van der Waals surface area contributed by atoms with Gasteiger partial charge in [-0.1, -0.05) is 70.5 Å². The highest BCUT2D eigenvalue weighted by atomic mass is 79.9. The Labute approximate surface area is 229 Å². The first-order valence-corrected chi connectivity index (χ1v) is 12.6. The molecule has 0 fully saturated rings. The summed E-state index contributed by atoms with van der Waals surface area (Å²) in [5.41, 5.74) is 4.68. The zero-order chi connectivity index (χ0) is 26.2. The molecule has 0 aliphatic carbocycles. The maximum absolute atomic E-state index is 13.5. The van der Waals surface area contributed by atoms with Crippen molar-refractivity contribution in [1.82, 2.24) is 5.43 Å². The van der Waals surface area contributed by atoms with E-state index in [1.807, 2.05) is 48.5 Å². The standard InChI is InChI=1S/C28H19Br2FN2O4/c29-21-13-20(27(24(30)15-21)37-28(35)19-9-6-10-22(31)14-19)16-32-33-26(34)17-36-25-12-5-4-11-23(25)18-7-2-1-3-8-18/h1-16H,17H2,(H,33,34)/b32-16-. The summed E-state index contributed by atoms with van der Waals surface area (Å²) in [5, 5.41) is 3.97. The van der Waals surface area contributed by atoms with Gasteiger partial charge in [0.2, 0.25) is 0 Å². The number of hydrogen-bond donors (Lipinski definition) is 1. The van der Waals surface area contributed by atoms with E-state index in [4.69, 9.17) is 9.47 Å². The third kappa shape index (κ3) is 7.12. The summed E-state index contributed by atoms with van der Waals surface area (Å²) in [6.45, 7) is -0.259. The van der Waals surface area contributed by atoms with Crippen molar-refractivity contribution >= 4 is 50.0 Å². The van der Waals surface area contributed by atoms with Gasteiger partial charge in [-0.2, -0.15) is 5.10 Å². The molecule has 4 aromatic rings. The van der Waals surface area contributed by atoms with Crippen molar-refractivity contribution < 1.29 is 23.5 Å². The van der Waals surface area contributed by atoms with E-state index in [-0.39, 0.29) is 17.9 Å². The van der Waals surface area contributed by atoms with Gasteiger partial charge in [-0.3, -0.25) is 4.79 Å². The van der Waals surface area contributed by atoms with Gasteiger partial charge in [0.15, 0.2) is 12.4 Å². The number of amides is 1. The molecule has 0 unspecified atom stereocenters. The van der Waals surface area contributed by atoms with Crippen molar-refractivity contribution in [2.45, 2.75) is 0 Å². The Hall–Kier alpha value is -3.82. The van der Waals surface area contributed by atoms with Crippen molar-refractivity contribution in [3.63, 3.8) is 0 Å². The highest BCUT2D eigenvalue weighted by molar-refractivity contribution is 9.11. The fraction of sp³-hybridized carbons (Fsp3) is 0.0357. The van der Waals surface area contributed by atoms with Crippen molar-refractivity contribution in [1.29, 1.82) is 0 Å². The number of carbonyl (C=O) groups is 2. The summed E-state index contributed by atoms with van der Waals surface area (Å²) in [6, 6.07) is 25.6. The third-order valence-electron chi connectivity index (χ3n) is 5.02. The number of benzene rings is 4. The van der Waals surface area contributed by atoms with E-state index in [1.165, 1.54) is 24.4 Å². The van der Waals surface area contributed by atoms with Crippen LogP contribution in [0, 0.1) is 5.82 Å². The molecule has 0 atom stereocenters. The van der Waals surface area contributed by atoms with Gasteiger partial charge in [0.1, 0.15) is 11.6 Å². The highest BCUT2D eigenvalue weighted by Gasteiger charge is 2.16. The first-order valence-electron chi connectivity index (χ1n) is 11.0. The zero-order valence-electron chi connectivity index (χ0n) is 19.2. The maximum Gasteiger partial charge on any atom is 0.343 e. The van der Waals surface area contributed by atoms with Crippen LogP contribution in [0.1, 0.15) is 15.9 Å². The molecular weight excluding hydrogens is 607 g/mol. The predicted octanol–water partition coefficient (Wildman–Crippen LogP) is 6.77. The molecule has 0 heterocycles. The third-order valence-corrected chi connectivity index (χ3v) is 6.06. The van der Waals surface area contributed by atoms with E-state index >= 15 is 0 Å². The molecule has 9 heteroatoms. The van der Waals surface area contributed by atoms with Crippen LogP contribution in [-0.2, 0) is 4.79 Å². The highest BCUT2D eigenvalue weighted by Crippen LogP contribution is 2.33. The van der Waals surface area contributed by atoms with Crippen molar-refractivity contribution in [3.05, 3.63) is 117 Å². The Kier molecular flexibility index (Phi) is 8.81. The van der Waals surface area contributed by atoms with E-state index in [9.17, 15) is 14.0 Å². The quantitative estimate of drug-likeness (QED) is 0.102. The molecule has 0 spiro atoms. The summed E-state index contributed by atoms with van der Waals surface area (Å²) < 4.78 is 25.9. The largest absolute Gasteiger partial charge is 0.483 e. The van der Waals surface area contributed by atoms with Crippen LogP contribution in [0.25, 0.3) is 11.1 Å². The molecule has 6 nitrogen and oxygen atoms in total. The lowest BCUT2D eigenvalue weighted by Gasteiger charge is -2.11. The molecule has 0 saturated heterocycles. The minimum atomic E-state index is -0.744. The van der Waals surface area contributed by atoms with Crippen LogP contribution in [0.3, 0.4) is 0 Å². The second-order valence-corrected chi connectivity index (χ2v) is 9.42. The fourth-order valence-electron chi connectivity index (χ4n) is 3.35. The number of nitrogens with one attached hydrogen (secondary N) is 1. The Morgan fingerprint density at radius 1 is 0.919 bits per heavy atom. The molecule has 4 rings (SSSR count). The van der Waals surface area contributed by atoms with Crippen LogP contribution in [0.2, 0.25) is 0 Å². The SMILES string of the molecule is O=C(COc1ccccc1-c1ccccc1)N/N=C\c1cc(Br)cc(Br)c1OC(=O)c1cccc(F)c1. The number of carbonyl (C=O) groups excluding carboxylic acids is 2. The topological polar surface area (TPSA) is 77.0 Å². The average molecular weight is 626 g/mol. The van der Waals surface area contributed by atoms with Crippen molar-refractivity contribution in [3.8, 4) is 22.6 Å². The molecule has 0 radical (unpaired) electrons. The molecule has 0 saturated carbocycles. The number of ether oxygens (including phenoxy) is 2. The minimum Gasteiger partial charge on any atom is -0.483 e. The first-order chi connectivity index (χ1) is 17.9. The lowest BCUT2D eigenvalue weighted by molar-refractivity contribution is -0.123. The molecule has 0 aliphatic rings. The minimum absolute atomic E-state index is 0.0546. The van der Waals surface area contributed by atoms with Crippen LogP contribution in [0.5, 0.6) is 11.5 Å². The lowest BCUT2D eigenvalue weighted by Crippen LogP contribution is -2.24. The van der Waals surface area contributed by atoms with Crippen LogP contribution in [0.4, 0.5) is 4.39 Å². The van der Waals surface area contributed by atoms with Gasteiger partial charge in [-0.25, -0.2) is 14.6 Å². The molecule has 1 amide bonds. The van der Waals surface area contributed by atoms with Crippen LogP contribution in [-0.4, -0.2) is 24.7 Å². The number of hydrogen-bond acceptors (Lipinski definition) is 5. The molecule has 0 aromatic heterocycles. The number of halogens is 3. The number of nitrogens with zero attached hydrogens (tertiary/aromatic N) is 1. The van der Waals surface area contributed by atoms with Crippen molar-refractivity contribution in [2.75, 3.05) is 6.61 Å². The molecule has 0 aliphatic heterocycles. The van der Waals surface area contributed by atoms with Gasteiger partial charge in [-0.05, 0) is 57.9 Å². The van der Waals surface area contributed by atoms with Gasteiger partial charge >= 0.3 is 5.97 Å². The Bertz CT molecular complexity index is 1460. The summed E-state index contributed by atoms with van der Waals surface area (Å²) in [6.07, 6.45) is 1.33. The van der Waals surface area contributed by atoms with E-state index in [0.717, 1.165) is 17.2 Å². The molecule has 186 valence electrons. The van der Waals surface area contributed by atoms with E-state index in [1.54, 1.807) is 18.2 Å². The first kappa shape index (κ1) is 26.2. The van der Waals surface area contributed by atoms with E-state index in [2.05, 4.69) is 42.4 Å². The summed E-state index contributed by atoms with van der Waals surface area (Å²) >= 11 is 6.74. The van der Waals surface area contributed by atoms with Crippen LogP contribution in [0.15, 0.2) is 105 Å². The number of para-hydroxylation sites is 1. The summed E-state index contributed by atoms with van der Waals surface area (Å²) in [7, 11) is 0. The molecule has 0 bridgehead atoms. The average Bonchev–Trinajstić information content (AvgIpc) is 2.90. The number of rotatable bonds is 8. The Morgan fingerprint density at radius 3 is 2.46 bits per heavy atom. The Morgan fingerprint density at radius 2 is 1.68 bits per heavy atom. The van der Waals surface area contributed by atoms with Crippen molar-refractivity contribution in [2.24, 2.45) is 5.10 Å². The normalized spacial score (nSPS) is 10.8. The summed E-state index contributed by atoms with van der Waals surface area (Å²) in [5.74, 6) is -1.06. The number of esters is 1. The smallest absolute Gasteiger partial charge is 0.343 e. The summed E-state index contributed by atoms with van der Waals surface area (Å²) in [4.78, 5) is 24.9. The van der Waals surface area contributed by atoms with Gasteiger partial charge in [0, 0.05) is 15.6 Å². The van der Waals surface area contributed by atoms with Gasteiger partial charge in [-0.15, -0.1) is 0 Å². The van der Waals surface area contributed by atoms with Crippen LogP contribution < -0.4 is 14.9 Å². The van der Waals surface area contributed by atoms with Gasteiger partial charge in [0.05, 0.1) is 16.3 Å². The Balaban J connectivity index is 1.42. The molecule has 4 aromatic carbocycles. The molecule has 1 N–H and O–H groups in total. The monoisotopic (exact) mass is 624 g/mol. The van der Waals surface area contributed by atoms with E-state index < -0.39 is 17.7 Å². The molecular formula is C28H19Br2FN2O4. The second-order valence-electron chi connectivity index (χ2n) is 7.65. The second kappa shape index (κ2) is 12.4. The maximum atomic E-state index is 13.5. The fourth-order valence-corrected chi connectivity index (χ4v) is 4.69. The lowest BCUT2D eigenvalue weighted by atomic mass is 10.1. The van der Waals surface area contributed by atoms with E-state index in [0.29, 0.717) is 20.3 Å². The molecule has 37 heavy (non-hydrogen) atoms. The zero-order valence-corrected chi connectivity index (χ0v) is 22.3.